The number of nitrogens with zero attached hydrogens (tertiary/aromatic N) is 7. The summed E-state index contributed by atoms with van der Waals surface area (Å²) in [4.78, 5) is 40.9. The van der Waals surface area contributed by atoms with Crippen molar-refractivity contribution in [3.8, 4) is 0 Å². The van der Waals surface area contributed by atoms with E-state index in [9.17, 15) is 14.0 Å². The van der Waals surface area contributed by atoms with E-state index in [-0.39, 0.29) is 28.9 Å². The molecule has 190 valence electrons. The van der Waals surface area contributed by atoms with Gasteiger partial charge in [-0.25, -0.2) is 13.9 Å². The van der Waals surface area contributed by atoms with Crippen molar-refractivity contribution in [3.63, 3.8) is 0 Å². The van der Waals surface area contributed by atoms with E-state index in [1.54, 1.807) is 12.4 Å². The molecule has 5 heterocycles. The lowest BCUT2D eigenvalue weighted by Gasteiger charge is -2.38. The standard InChI is InChI=1S/C24H30FN9O2/c1-15-11-27-13-18(29-23(35)19-21(26)30-34-14-17(25)12-28-22(19)34)20(15)32-5-3-16(4-6-32)24(36)33-9-7-31(2)8-10-33/h11-14,16H,3-10H2,1-2H3,(H2,26,30)(H,29,35). The Balaban J connectivity index is 1.31. The molecule has 2 fully saturated rings. The van der Waals surface area contributed by atoms with E-state index in [0.717, 1.165) is 67.2 Å². The smallest absolute Gasteiger partial charge is 0.263 e. The first kappa shape index (κ1) is 23.9. The molecule has 2 aliphatic rings. The molecule has 0 saturated carbocycles. The van der Waals surface area contributed by atoms with Crippen LogP contribution in [0.1, 0.15) is 28.8 Å². The number of piperazine rings is 1. The van der Waals surface area contributed by atoms with Gasteiger partial charge in [0.2, 0.25) is 5.91 Å². The summed E-state index contributed by atoms with van der Waals surface area (Å²) in [5.74, 6) is -0.881. The number of carbonyl (C=O) groups is 2. The fraction of sp³-hybridized carbons (Fsp3) is 0.458. The third-order valence-corrected chi connectivity index (χ3v) is 7.02. The number of hydrogen-bond donors (Lipinski definition) is 2. The molecule has 11 nitrogen and oxygen atoms in total. The van der Waals surface area contributed by atoms with Gasteiger partial charge in [0.15, 0.2) is 17.3 Å². The van der Waals surface area contributed by atoms with Crippen LogP contribution in [0.4, 0.5) is 21.6 Å². The third kappa shape index (κ3) is 4.55. The number of aromatic nitrogens is 4. The molecule has 0 radical (unpaired) electrons. The number of pyridine rings is 1. The summed E-state index contributed by atoms with van der Waals surface area (Å²) in [5, 5.41) is 6.90. The molecule has 0 spiro atoms. The van der Waals surface area contributed by atoms with Gasteiger partial charge in [0, 0.05) is 51.4 Å². The van der Waals surface area contributed by atoms with Gasteiger partial charge in [-0.3, -0.25) is 14.6 Å². The van der Waals surface area contributed by atoms with Crippen LogP contribution in [-0.4, -0.2) is 87.5 Å². The van der Waals surface area contributed by atoms with Crippen molar-refractivity contribution in [2.24, 2.45) is 5.92 Å². The van der Waals surface area contributed by atoms with Crippen LogP contribution < -0.4 is 16.0 Å². The zero-order valence-electron chi connectivity index (χ0n) is 20.4. The van der Waals surface area contributed by atoms with Crippen LogP contribution >= 0.6 is 0 Å². The van der Waals surface area contributed by atoms with E-state index in [2.05, 4.69) is 37.2 Å². The molecule has 36 heavy (non-hydrogen) atoms. The molecule has 3 N–H and O–H groups in total. The van der Waals surface area contributed by atoms with Gasteiger partial charge in [-0.15, -0.1) is 5.10 Å². The van der Waals surface area contributed by atoms with Gasteiger partial charge in [-0.05, 0) is 32.4 Å². The molecule has 0 unspecified atom stereocenters. The minimum absolute atomic E-state index is 0.00916. The number of fused-ring (bicyclic) bond motifs is 1. The lowest BCUT2D eigenvalue weighted by atomic mass is 9.94. The molecule has 0 bridgehead atoms. The maximum Gasteiger partial charge on any atom is 0.263 e. The summed E-state index contributed by atoms with van der Waals surface area (Å²) in [6.45, 7) is 6.70. The van der Waals surface area contributed by atoms with E-state index < -0.39 is 11.7 Å². The maximum absolute atomic E-state index is 13.5. The number of nitrogens with one attached hydrogen (secondary N) is 1. The predicted molar refractivity (Wildman–Crippen MR) is 133 cm³/mol. The molecule has 2 amide bonds. The Morgan fingerprint density at radius 2 is 1.81 bits per heavy atom. The normalized spacial score (nSPS) is 17.5. The Morgan fingerprint density at radius 3 is 2.53 bits per heavy atom. The highest BCUT2D eigenvalue weighted by atomic mass is 19.1. The highest BCUT2D eigenvalue weighted by Gasteiger charge is 2.31. The number of nitrogen functional groups attached to an aromatic ring is 1. The fourth-order valence-corrected chi connectivity index (χ4v) is 5.04. The number of nitrogens with two attached hydrogens (primary N) is 1. The first-order valence-corrected chi connectivity index (χ1v) is 12.1. The van der Waals surface area contributed by atoms with Crippen LogP contribution in [-0.2, 0) is 4.79 Å². The second kappa shape index (κ2) is 9.69. The van der Waals surface area contributed by atoms with Crippen molar-refractivity contribution in [2.75, 3.05) is 62.3 Å². The number of likely N-dealkylation sites (N-methyl/N-ethyl adjacent to an activating group) is 1. The third-order valence-electron chi connectivity index (χ3n) is 7.02. The number of halogens is 1. The number of hydrogen-bond acceptors (Lipinski definition) is 8. The van der Waals surface area contributed by atoms with E-state index >= 15 is 0 Å². The van der Waals surface area contributed by atoms with Crippen molar-refractivity contribution in [1.29, 1.82) is 0 Å². The monoisotopic (exact) mass is 495 g/mol. The van der Waals surface area contributed by atoms with E-state index in [1.807, 2.05) is 11.8 Å². The number of piperidine rings is 1. The molecule has 0 atom stereocenters. The molecule has 12 heteroatoms. The van der Waals surface area contributed by atoms with Crippen molar-refractivity contribution in [1.82, 2.24) is 29.4 Å². The lowest BCUT2D eigenvalue weighted by Crippen LogP contribution is -2.50. The molecule has 2 aliphatic heterocycles. The minimum atomic E-state index is -0.586. The van der Waals surface area contributed by atoms with Crippen molar-refractivity contribution in [2.45, 2.75) is 19.8 Å². The van der Waals surface area contributed by atoms with Gasteiger partial charge in [0.25, 0.3) is 5.91 Å². The van der Waals surface area contributed by atoms with Gasteiger partial charge in [0.05, 0.1) is 30.0 Å². The van der Waals surface area contributed by atoms with Crippen LogP contribution in [0.25, 0.3) is 5.65 Å². The largest absolute Gasteiger partial charge is 0.381 e. The molecule has 2 saturated heterocycles. The Kier molecular flexibility index (Phi) is 6.44. The number of rotatable bonds is 4. The Labute approximate surface area is 208 Å². The Bertz CT molecular complexity index is 1290. The van der Waals surface area contributed by atoms with Crippen molar-refractivity contribution in [3.05, 3.63) is 41.7 Å². The van der Waals surface area contributed by atoms with Gasteiger partial charge in [0.1, 0.15) is 5.56 Å². The summed E-state index contributed by atoms with van der Waals surface area (Å²) in [7, 11) is 2.08. The molecule has 0 aromatic carbocycles. The number of amides is 2. The van der Waals surface area contributed by atoms with Gasteiger partial charge in [-0.1, -0.05) is 0 Å². The zero-order valence-corrected chi connectivity index (χ0v) is 20.4. The van der Waals surface area contributed by atoms with Crippen LogP contribution in [0.15, 0.2) is 24.8 Å². The van der Waals surface area contributed by atoms with Crippen molar-refractivity contribution >= 4 is 34.7 Å². The molecule has 3 aromatic rings. The molecule has 3 aromatic heterocycles. The predicted octanol–water partition coefficient (Wildman–Crippen LogP) is 1.40. The molecule has 5 rings (SSSR count). The average Bonchev–Trinajstić information content (AvgIpc) is 3.19. The first-order chi connectivity index (χ1) is 17.3. The molecular weight excluding hydrogens is 465 g/mol. The highest BCUT2D eigenvalue weighted by Crippen LogP contribution is 2.33. The van der Waals surface area contributed by atoms with Crippen LogP contribution in [0.2, 0.25) is 0 Å². The van der Waals surface area contributed by atoms with E-state index in [4.69, 9.17) is 5.73 Å². The van der Waals surface area contributed by atoms with Gasteiger partial charge >= 0.3 is 0 Å². The van der Waals surface area contributed by atoms with E-state index in [1.165, 1.54) is 0 Å². The summed E-state index contributed by atoms with van der Waals surface area (Å²) in [6, 6.07) is 0. The van der Waals surface area contributed by atoms with Gasteiger partial charge < -0.3 is 25.8 Å². The maximum atomic E-state index is 13.5. The lowest BCUT2D eigenvalue weighted by molar-refractivity contribution is -0.137. The summed E-state index contributed by atoms with van der Waals surface area (Å²) >= 11 is 0. The van der Waals surface area contributed by atoms with E-state index in [0.29, 0.717) is 18.8 Å². The summed E-state index contributed by atoms with van der Waals surface area (Å²) in [6.07, 6.45) is 6.97. The Hall–Kier alpha value is -3.80. The molecular formula is C24H30FN9O2. The first-order valence-electron chi connectivity index (χ1n) is 12.1. The number of carbonyl (C=O) groups excluding carboxylic acids is 2. The highest BCUT2D eigenvalue weighted by molar-refractivity contribution is 6.12. The topological polar surface area (TPSA) is 125 Å². The minimum Gasteiger partial charge on any atom is -0.381 e. The second-order valence-electron chi connectivity index (χ2n) is 9.50. The number of aryl methyl sites for hydroxylation is 1. The SMILES string of the molecule is Cc1cncc(NC(=O)c2c(N)nn3cc(F)cnc23)c1N1CCC(C(=O)N2CCN(C)CC2)CC1. The zero-order chi connectivity index (χ0) is 25.4. The fourth-order valence-electron chi connectivity index (χ4n) is 5.04. The summed E-state index contributed by atoms with van der Waals surface area (Å²) < 4.78 is 14.7. The summed E-state index contributed by atoms with van der Waals surface area (Å²) in [5.41, 5.74) is 8.49. The molecule has 0 aliphatic carbocycles. The number of anilines is 3. The van der Waals surface area contributed by atoms with Crippen LogP contribution in [0.3, 0.4) is 0 Å². The average molecular weight is 496 g/mol. The van der Waals surface area contributed by atoms with Crippen molar-refractivity contribution < 1.29 is 14.0 Å². The Morgan fingerprint density at radius 1 is 1.08 bits per heavy atom. The quantitative estimate of drug-likeness (QED) is 0.557. The van der Waals surface area contributed by atoms with Gasteiger partial charge in [-0.2, -0.15) is 0 Å². The second-order valence-corrected chi connectivity index (χ2v) is 9.50. The van der Waals surface area contributed by atoms with Crippen LogP contribution in [0, 0.1) is 18.7 Å². The van der Waals surface area contributed by atoms with Crippen LogP contribution in [0.5, 0.6) is 0 Å².